The second kappa shape index (κ2) is 3.59. The molecule has 0 fully saturated rings. The molecule has 16 heavy (non-hydrogen) atoms. The Hall–Kier alpha value is -1.91. The van der Waals surface area contributed by atoms with Gasteiger partial charge in [-0.05, 0) is 19.9 Å². The topological polar surface area (TPSA) is 55.1 Å². The number of aromatic nitrogens is 2. The van der Waals surface area contributed by atoms with Gasteiger partial charge in [-0.15, -0.1) is 0 Å². The Labute approximate surface area is 91.3 Å². The van der Waals surface area contributed by atoms with Crippen molar-refractivity contribution in [3.63, 3.8) is 0 Å². The summed E-state index contributed by atoms with van der Waals surface area (Å²) in [5.41, 5.74) is 0.137. The summed E-state index contributed by atoms with van der Waals surface area (Å²) >= 11 is 0. The molecule has 4 nitrogen and oxygen atoms in total. The fraction of sp³-hybridized carbons (Fsp3) is 0.273. The molecule has 0 aliphatic carbocycles. The van der Waals surface area contributed by atoms with E-state index in [0.29, 0.717) is 5.39 Å². The molecule has 0 spiro atoms. The molecule has 1 heterocycles. The number of halogens is 1. The van der Waals surface area contributed by atoms with E-state index in [-0.39, 0.29) is 17.3 Å². The van der Waals surface area contributed by atoms with Gasteiger partial charge >= 0.3 is 5.97 Å². The van der Waals surface area contributed by atoms with Crippen LogP contribution in [0.1, 0.15) is 30.4 Å². The van der Waals surface area contributed by atoms with Crippen molar-refractivity contribution >= 4 is 16.9 Å². The highest BCUT2D eigenvalue weighted by molar-refractivity contribution is 6.01. The van der Waals surface area contributed by atoms with Gasteiger partial charge in [-0.3, -0.25) is 4.68 Å². The average molecular weight is 222 g/mol. The molecule has 0 amide bonds. The third-order valence-corrected chi connectivity index (χ3v) is 2.37. The van der Waals surface area contributed by atoms with Crippen molar-refractivity contribution in [2.24, 2.45) is 0 Å². The summed E-state index contributed by atoms with van der Waals surface area (Å²) in [7, 11) is 0. The molecule has 0 aliphatic heterocycles. The van der Waals surface area contributed by atoms with E-state index in [1.807, 2.05) is 0 Å². The van der Waals surface area contributed by atoms with Crippen molar-refractivity contribution in [1.29, 1.82) is 0 Å². The lowest BCUT2D eigenvalue weighted by Crippen LogP contribution is -2.12. The van der Waals surface area contributed by atoms with Crippen LogP contribution in [0.4, 0.5) is 4.39 Å². The first-order valence-electron chi connectivity index (χ1n) is 4.92. The molecule has 0 saturated carbocycles. The van der Waals surface area contributed by atoms with Gasteiger partial charge in [0.25, 0.3) is 0 Å². The van der Waals surface area contributed by atoms with E-state index in [2.05, 4.69) is 5.10 Å². The molecule has 1 aromatic heterocycles. The number of nitrogens with zero attached hydrogens (tertiary/aromatic N) is 2. The van der Waals surface area contributed by atoms with Crippen LogP contribution in [0.5, 0.6) is 0 Å². The maximum Gasteiger partial charge on any atom is 0.354 e. The Bertz CT molecular complexity index is 560. The SMILES string of the molecule is CC(C)n1nc2c(F)cccc2c1C(=O)O. The number of hydrogen-bond acceptors (Lipinski definition) is 2. The lowest BCUT2D eigenvalue weighted by Gasteiger charge is -2.07. The first kappa shape index (κ1) is 10.6. The van der Waals surface area contributed by atoms with E-state index in [4.69, 9.17) is 5.11 Å². The van der Waals surface area contributed by atoms with Gasteiger partial charge in [0.05, 0.1) is 0 Å². The molecule has 0 radical (unpaired) electrons. The molecule has 0 saturated heterocycles. The maximum atomic E-state index is 13.4. The van der Waals surface area contributed by atoms with Gasteiger partial charge in [-0.25, -0.2) is 9.18 Å². The smallest absolute Gasteiger partial charge is 0.354 e. The van der Waals surface area contributed by atoms with Crippen LogP contribution in [0.15, 0.2) is 18.2 Å². The van der Waals surface area contributed by atoms with E-state index >= 15 is 0 Å². The third kappa shape index (κ3) is 1.44. The number of carboxylic acids is 1. The van der Waals surface area contributed by atoms with Gasteiger partial charge in [-0.2, -0.15) is 5.10 Å². The predicted octanol–water partition coefficient (Wildman–Crippen LogP) is 2.45. The van der Waals surface area contributed by atoms with Gasteiger partial charge < -0.3 is 5.11 Å². The van der Waals surface area contributed by atoms with E-state index < -0.39 is 11.8 Å². The summed E-state index contributed by atoms with van der Waals surface area (Å²) in [6.45, 7) is 3.60. The van der Waals surface area contributed by atoms with Crippen LogP contribution in [0, 0.1) is 5.82 Å². The monoisotopic (exact) mass is 222 g/mol. The van der Waals surface area contributed by atoms with E-state index in [0.717, 1.165) is 0 Å². The summed E-state index contributed by atoms with van der Waals surface area (Å²) in [4.78, 5) is 11.1. The second-order valence-electron chi connectivity index (χ2n) is 3.83. The number of carboxylic acid groups (broad SMARTS) is 1. The first-order valence-corrected chi connectivity index (χ1v) is 4.92. The molecule has 2 aromatic rings. The van der Waals surface area contributed by atoms with E-state index in [1.165, 1.54) is 16.8 Å². The van der Waals surface area contributed by atoms with Crippen LogP contribution in [0.25, 0.3) is 10.9 Å². The molecule has 5 heteroatoms. The molecule has 0 unspecified atom stereocenters. The minimum atomic E-state index is -1.10. The van der Waals surface area contributed by atoms with Crippen LogP contribution >= 0.6 is 0 Å². The second-order valence-corrected chi connectivity index (χ2v) is 3.83. The molecular formula is C11H11FN2O2. The standard InChI is InChI=1S/C11H11FN2O2/c1-6(2)14-10(11(15)16)7-4-3-5-8(12)9(7)13-14/h3-6H,1-2H3,(H,15,16). The van der Waals surface area contributed by atoms with Crippen molar-refractivity contribution in [2.45, 2.75) is 19.9 Å². The molecular weight excluding hydrogens is 211 g/mol. The van der Waals surface area contributed by atoms with Gasteiger partial charge in [0.1, 0.15) is 5.52 Å². The van der Waals surface area contributed by atoms with Gasteiger partial charge in [-0.1, -0.05) is 12.1 Å². The zero-order valence-corrected chi connectivity index (χ0v) is 8.94. The van der Waals surface area contributed by atoms with E-state index in [9.17, 15) is 9.18 Å². The Morgan fingerprint density at radius 1 is 1.50 bits per heavy atom. The van der Waals surface area contributed by atoms with Gasteiger partial charge in [0, 0.05) is 11.4 Å². The summed E-state index contributed by atoms with van der Waals surface area (Å²) < 4.78 is 14.8. The molecule has 1 aromatic carbocycles. The van der Waals surface area contributed by atoms with Crippen molar-refractivity contribution in [3.8, 4) is 0 Å². The van der Waals surface area contributed by atoms with Gasteiger partial charge in [0.2, 0.25) is 0 Å². The highest BCUT2D eigenvalue weighted by atomic mass is 19.1. The van der Waals surface area contributed by atoms with Crippen molar-refractivity contribution < 1.29 is 14.3 Å². The zero-order chi connectivity index (χ0) is 11.9. The molecule has 0 atom stereocenters. The fourth-order valence-corrected chi connectivity index (χ4v) is 1.68. The lowest BCUT2D eigenvalue weighted by molar-refractivity contribution is 0.0683. The number of carbonyl (C=O) groups is 1. The Morgan fingerprint density at radius 3 is 2.75 bits per heavy atom. The Balaban J connectivity index is 2.86. The molecule has 0 bridgehead atoms. The third-order valence-electron chi connectivity index (χ3n) is 2.37. The Morgan fingerprint density at radius 2 is 2.19 bits per heavy atom. The van der Waals surface area contributed by atoms with Crippen LogP contribution in [-0.4, -0.2) is 20.9 Å². The molecule has 84 valence electrons. The number of benzene rings is 1. The summed E-state index contributed by atoms with van der Waals surface area (Å²) in [5, 5.41) is 13.4. The molecule has 0 aliphatic rings. The normalized spacial score (nSPS) is 11.2. The number of aromatic carboxylic acids is 1. The minimum absolute atomic E-state index is 0.0319. The minimum Gasteiger partial charge on any atom is -0.477 e. The van der Waals surface area contributed by atoms with Crippen LogP contribution in [-0.2, 0) is 0 Å². The van der Waals surface area contributed by atoms with E-state index in [1.54, 1.807) is 19.9 Å². The quantitative estimate of drug-likeness (QED) is 0.849. The number of fused-ring (bicyclic) bond motifs is 1. The fourth-order valence-electron chi connectivity index (χ4n) is 1.68. The van der Waals surface area contributed by atoms with Crippen molar-refractivity contribution in [3.05, 3.63) is 29.7 Å². The summed E-state index contributed by atoms with van der Waals surface area (Å²) in [6.07, 6.45) is 0. The highest BCUT2D eigenvalue weighted by Crippen LogP contribution is 2.23. The first-order chi connectivity index (χ1) is 7.52. The Kier molecular flexibility index (Phi) is 2.38. The maximum absolute atomic E-state index is 13.4. The summed E-state index contributed by atoms with van der Waals surface area (Å²) in [5.74, 6) is -1.60. The van der Waals surface area contributed by atoms with Crippen LogP contribution in [0.2, 0.25) is 0 Å². The van der Waals surface area contributed by atoms with Crippen molar-refractivity contribution in [2.75, 3.05) is 0 Å². The zero-order valence-electron chi connectivity index (χ0n) is 8.94. The largest absolute Gasteiger partial charge is 0.477 e. The lowest BCUT2D eigenvalue weighted by atomic mass is 10.2. The van der Waals surface area contributed by atoms with Crippen LogP contribution in [0.3, 0.4) is 0 Å². The number of hydrogen-bond donors (Lipinski definition) is 1. The van der Waals surface area contributed by atoms with Gasteiger partial charge in [0.15, 0.2) is 11.5 Å². The average Bonchev–Trinajstić information content (AvgIpc) is 2.58. The van der Waals surface area contributed by atoms with Crippen molar-refractivity contribution in [1.82, 2.24) is 9.78 Å². The molecule has 2 rings (SSSR count). The van der Waals surface area contributed by atoms with Crippen LogP contribution < -0.4 is 0 Å². The predicted molar refractivity (Wildman–Crippen MR) is 57.0 cm³/mol. The summed E-state index contributed by atoms with van der Waals surface area (Å²) in [6, 6.07) is 4.19. The molecule has 1 N–H and O–H groups in total. The highest BCUT2D eigenvalue weighted by Gasteiger charge is 2.20. The number of rotatable bonds is 2.